The van der Waals surface area contributed by atoms with Gasteiger partial charge in [-0.25, -0.2) is 8.42 Å². The number of anilines is 1. The van der Waals surface area contributed by atoms with Gasteiger partial charge in [0, 0.05) is 19.0 Å². The van der Waals surface area contributed by atoms with Crippen LogP contribution in [0, 0.1) is 6.92 Å². The first kappa shape index (κ1) is 35.5. The lowest BCUT2D eigenvalue weighted by molar-refractivity contribution is -0.140. The molecule has 0 heterocycles. The molecular formula is C35H35ClF3N3O4S. The van der Waals surface area contributed by atoms with Crippen molar-refractivity contribution < 1.29 is 31.2 Å². The van der Waals surface area contributed by atoms with E-state index in [4.69, 9.17) is 11.6 Å². The number of halogens is 4. The molecule has 0 radical (unpaired) electrons. The van der Waals surface area contributed by atoms with Crippen LogP contribution in [0.15, 0.2) is 108 Å². The van der Waals surface area contributed by atoms with E-state index in [-0.39, 0.29) is 28.9 Å². The largest absolute Gasteiger partial charge is 0.416 e. The quantitative estimate of drug-likeness (QED) is 0.174. The highest BCUT2D eigenvalue weighted by Crippen LogP contribution is 2.37. The zero-order valence-electron chi connectivity index (χ0n) is 26.0. The molecule has 7 nitrogen and oxygen atoms in total. The zero-order chi connectivity index (χ0) is 34.4. The molecule has 248 valence electrons. The smallest absolute Gasteiger partial charge is 0.352 e. The van der Waals surface area contributed by atoms with Crippen LogP contribution < -0.4 is 9.62 Å². The first-order valence-electron chi connectivity index (χ1n) is 14.8. The van der Waals surface area contributed by atoms with Crippen molar-refractivity contribution in [2.75, 3.05) is 10.8 Å². The van der Waals surface area contributed by atoms with Crippen molar-refractivity contribution >= 4 is 39.1 Å². The molecule has 0 aromatic heterocycles. The van der Waals surface area contributed by atoms with Crippen LogP contribution in [0.3, 0.4) is 0 Å². The van der Waals surface area contributed by atoms with Crippen molar-refractivity contribution in [2.24, 2.45) is 0 Å². The van der Waals surface area contributed by atoms with E-state index in [9.17, 15) is 31.2 Å². The van der Waals surface area contributed by atoms with Crippen LogP contribution in [-0.4, -0.2) is 43.8 Å². The van der Waals surface area contributed by atoms with Crippen molar-refractivity contribution in [3.8, 4) is 0 Å². The molecule has 47 heavy (non-hydrogen) atoms. The molecule has 4 aromatic carbocycles. The van der Waals surface area contributed by atoms with Gasteiger partial charge in [-0.05, 0) is 67.8 Å². The SMILES string of the molecule is Cc1ccccc1CN(C(=O)CN(c1cc(C(F)(F)F)ccc1Cl)S(=O)(=O)c1ccccc1)[C@@H](Cc1ccccc1)C(=O)NC(C)C. The van der Waals surface area contributed by atoms with Crippen molar-refractivity contribution in [2.45, 2.75) is 56.9 Å². The second-order valence-electron chi connectivity index (χ2n) is 11.3. The van der Waals surface area contributed by atoms with Crippen LogP contribution in [-0.2, 0) is 38.8 Å². The van der Waals surface area contributed by atoms with Gasteiger partial charge in [-0.15, -0.1) is 0 Å². The van der Waals surface area contributed by atoms with Gasteiger partial charge in [0.1, 0.15) is 12.6 Å². The predicted molar refractivity (Wildman–Crippen MR) is 176 cm³/mol. The Bertz CT molecular complexity index is 1800. The van der Waals surface area contributed by atoms with Gasteiger partial charge in [0.2, 0.25) is 11.8 Å². The fourth-order valence-corrected chi connectivity index (χ4v) is 6.73. The molecule has 12 heteroatoms. The number of carbonyl (C=O) groups excluding carboxylic acids is 2. The van der Waals surface area contributed by atoms with Gasteiger partial charge in [0.15, 0.2) is 0 Å². The van der Waals surface area contributed by atoms with Crippen LogP contribution in [0.4, 0.5) is 18.9 Å². The maximum Gasteiger partial charge on any atom is 0.416 e. The Morgan fingerprint density at radius 2 is 1.47 bits per heavy atom. The first-order valence-corrected chi connectivity index (χ1v) is 16.6. The Morgan fingerprint density at radius 1 is 0.872 bits per heavy atom. The summed E-state index contributed by atoms with van der Waals surface area (Å²) in [6.45, 7) is 4.37. The summed E-state index contributed by atoms with van der Waals surface area (Å²) < 4.78 is 70.2. The lowest BCUT2D eigenvalue weighted by Gasteiger charge is -2.34. The number of hydrogen-bond donors (Lipinski definition) is 1. The van der Waals surface area contributed by atoms with Crippen molar-refractivity contribution in [3.63, 3.8) is 0 Å². The molecule has 0 bridgehead atoms. The van der Waals surface area contributed by atoms with Gasteiger partial charge in [-0.1, -0.05) is 84.4 Å². The third-order valence-corrected chi connectivity index (χ3v) is 9.55. The summed E-state index contributed by atoms with van der Waals surface area (Å²) in [5, 5.41) is 2.55. The Balaban J connectivity index is 1.88. The summed E-state index contributed by atoms with van der Waals surface area (Å²) in [7, 11) is -4.64. The lowest BCUT2D eigenvalue weighted by Crippen LogP contribution is -2.54. The Hall–Kier alpha value is -4.35. The number of hydrogen-bond acceptors (Lipinski definition) is 4. The van der Waals surface area contributed by atoms with Crippen LogP contribution in [0.2, 0.25) is 5.02 Å². The second-order valence-corrected chi connectivity index (χ2v) is 13.6. The minimum atomic E-state index is -4.82. The molecule has 1 atom stereocenters. The molecule has 0 aliphatic carbocycles. The van der Waals surface area contributed by atoms with E-state index in [0.29, 0.717) is 15.9 Å². The van der Waals surface area contributed by atoms with E-state index in [0.717, 1.165) is 23.3 Å². The van der Waals surface area contributed by atoms with E-state index in [2.05, 4.69) is 5.32 Å². The van der Waals surface area contributed by atoms with Crippen LogP contribution >= 0.6 is 11.6 Å². The van der Waals surface area contributed by atoms with Gasteiger partial charge in [0.25, 0.3) is 10.0 Å². The molecule has 0 saturated carbocycles. The van der Waals surface area contributed by atoms with E-state index >= 15 is 0 Å². The summed E-state index contributed by atoms with van der Waals surface area (Å²) in [6.07, 6.45) is -4.73. The third kappa shape index (κ3) is 8.93. The van der Waals surface area contributed by atoms with Crippen molar-refractivity contribution in [1.82, 2.24) is 10.2 Å². The van der Waals surface area contributed by atoms with Gasteiger partial charge < -0.3 is 10.2 Å². The van der Waals surface area contributed by atoms with Gasteiger partial charge in [0.05, 0.1) is 21.2 Å². The van der Waals surface area contributed by atoms with Gasteiger partial charge in [-0.3, -0.25) is 13.9 Å². The molecule has 4 aromatic rings. The molecule has 4 rings (SSSR count). The van der Waals surface area contributed by atoms with E-state index in [1.807, 2.05) is 25.1 Å². The fourth-order valence-electron chi connectivity index (χ4n) is 5.02. The number of rotatable bonds is 12. The molecule has 0 fully saturated rings. The minimum Gasteiger partial charge on any atom is -0.352 e. The average Bonchev–Trinajstić information content (AvgIpc) is 3.02. The van der Waals surface area contributed by atoms with Crippen LogP contribution in [0.25, 0.3) is 0 Å². The molecule has 0 spiro atoms. The number of amides is 2. The molecule has 0 aliphatic heterocycles. The summed E-state index contributed by atoms with van der Waals surface area (Å²) in [4.78, 5) is 29.3. The number of nitrogens with zero attached hydrogens (tertiary/aromatic N) is 2. The number of benzene rings is 4. The highest BCUT2D eigenvalue weighted by atomic mass is 35.5. The van der Waals surface area contributed by atoms with E-state index < -0.39 is 51.9 Å². The monoisotopic (exact) mass is 685 g/mol. The maximum absolute atomic E-state index is 14.5. The normalized spacial score (nSPS) is 12.4. The second kappa shape index (κ2) is 15.0. The predicted octanol–water partition coefficient (Wildman–Crippen LogP) is 7.03. The number of sulfonamides is 1. The minimum absolute atomic E-state index is 0.0793. The van der Waals surface area contributed by atoms with Crippen molar-refractivity contribution in [1.29, 1.82) is 0 Å². The number of alkyl halides is 3. The zero-order valence-corrected chi connectivity index (χ0v) is 27.6. The average molecular weight is 686 g/mol. The lowest BCUT2D eigenvalue weighted by atomic mass is 10.0. The number of carbonyl (C=O) groups is 2. The van der Waals surface area contributed by atoms with E-state index in [1.165, 1.54) is 29.2 Å². The van der Waals surface area contributed by atoms with Gasteiger partial charge in [-0.2, -0.15) is 13.2 Å². The molecule has 2 amide bonds. The number of aryl methyl sites for hydroxylation is 1. The maximum atomic E-state index is 14.5. The van der Waals surface area contributed by atoms with Crippen molar-refractivity contribution in [3.05, 3.63) is 130 Å². The number of nitrogens with one attached hydrogen (secondary N) is 1. The summed E-state index contributed by atoms with van der Waals surface area (Å²) >= 11 is 6.36. The van der Waals surface area contributed by atoms with Crippen LogP contribution in [0.1, 0.15) is 36.1 Å². The van der Waals surface area contributed by atoms with Gasteiger partial charge >= 0.3 is 6.18 Å². The Morgan fingerprint density at radius 3 is 2.06 bits per heavy atom. The summed E-state index contributed by atoms with van der Waals surface area (Å²) in [5.74, 6) is -1.29. The summed E-state index contributed by atoms with van der Waals surface area (Å²) in [5.41, 5.74) is 0.593. The first-order chi connectivity index (χ1) is 22.2. The van der Waals surface area contributed by atoms with Crippen LogP contribution in [0.5, 0.6) is 0 Å². The van der Waals surface area contributed by atoms with E-state index in [1.54, 1.807) is 56.3 Å². The Kier molecular flexibility index (Phi) is 11.4. The molecule has 1 N–H and O–H groups in total. The summed E-state index contributed by atoms with van der Waals surface area (Å²) in [6, 6.07) is 24.2. The topological polar surface area (TPSA) is 86.8 Å². The molecule has 0 unspecified atom stereocenters. The highest BCUT2D eigenvalue weighted by molar-refractivity contribution is 7.92. The highest BCUT2D eigenvalue weighted by Gasteiger charge is 2.37. The molecule has 0 aliphatic rings. The Labute approximate surface area is 278 Å². The molecule has 0 saturated heterocycles. The third-order valence-electron chi connectivity index (χ3n) is 7.46. The standard InChI is InChI=1S/C35H35ClF3N3O4S/c1-24(2)40-34(44)32(20-26-13-6-4-7-14-26)41(22-27-15-11-10-12-25(27)3)33(43)23-42(47(45,46)29-16-8-5-9-17-29)31-21-28(35(37,38)39)18-19-30(31)36/h4-19,21,24,32H,20,22-23H2,1-3H3,(H,40,44)/t32-/m0/s1. The fraction of sp³-hybridized carbons (Fsp3) is 0.257. The molecular weight excluding hydrogens is 651 g/mol.